The third-order valence-electron chi connectivity index (χ3n) is 1.60. The van der Waals surface area contributed by atoms with Gasteiger partial charge >= 0.3 is 5.97 Å². The first kappa shape index (κ1) is 12.6. The van der Waals surface area contributed by atoms with Crippen molar-refractivity contribution in [2.75, 3.05) is 7.11 Å². The van der Waals surface area contributed by atoms with E-state index in [0.717, 1.165) is 17.4 Å². The minimum Gasteiger partial charge on any atom is -0.465 e. The number of carbonyl (C=O) groups is 1. The van der Waals surface area contributed by atoms with Crippen LogP contribution in [-0.2, 0) is 24.9 Å². The molecule has 0 aliphatic heterocycles. The Morgan fingerprint density at radius 2 is 2.31 bits per heavy atom. The maximum atomic E-state index is 11.5. The molecule has 0 N–H and O–H groups in total. The van der Waals surface area contributed by atoms with Gasteiger partial charge in [-0.05, 0) is 17.9 Å². The molecule has 1 heterocycles. The Kier molecular flexibility index (Phi) is 4.36. The number of hydrogen-bond donors (Lipinski definition) is 0. The third-order valence-corrected chi connectivity index (χ3v) is 3.87. The smallest absolute Gasteiger partial charge is 0.349 e. The number of methoxy groups -OCH3 is 1. The molecule has 0 bridgehead atoms. The largest absolute Gasteiger partial charge is 0.465 e. The van der Waals surface area contributed by atoms with E-state index < -0.39 is 17.0 Å². The molecule has 0 saturated heterocycles. The number of nitrogens with zero attached hydrogens (tertiary/aromatic N) is 1. The number of ether oxygens (including phenoxy) is 1. The lowest BCUT2D eigenvalue weighted by molar-refractivity contribution is 0.0602. The second-order valence-corrected chi connectivity index (χ2v) is 4.47. The lowest BCUT2D eigenvalue weighted by atomic mass is 10.3. The van der Waals surface area contributed by atoms with E-state index in [4.69, 9.17) is 0 Å². The van der Waals surface area contributed by atoms with Gasteiger partial charge in [0.25, 0.3) is 17.2 Å². The molecule has 1 atom stereocenters. The van der Waals surface area contributed by atoms with E-state index in [9.17, 15) is 13.8 Å². The molecule has 1 aromatic rings. The van der Waals surface area contributed by atoms with E-state index in [1.54, 1.807) is 12.3 Å². The number of thiophene rings is 1. The molecule has 86 valence electrons. The van der Waals surface area contributed by atoms with Gasteiger partial charge in [-0.1, -0.05) is 0 Å². The van der Waals surface area contributed by atoms with Gasteiger partial charge < -0.3 is 4.74 Å². The summed E-state index contributed by atoms with van der Waals surface area (Å²) in [5, 5.41) is 4.37. The number of aryl methyl sites for hydroxylation is 1. The number of rotatable bonds is 4. The molecule has 0 fully saturated rings. The van der Waals surface area contributed by atoms with Gasteiger partial charge in [0.1, 0.15) is 9.77 Å². The number of hydrogen-bond acceptors (Lipinski definition) is 7. The normalized spacial score (nSPS) is 11.4. The molecule has 16 heavy (non-hydrogen) atoms. The van der Waals surface area contributed by atoms with E-state index >= 15 is 0 Å². The van der Waals surface area contributed by atoms with Gasteiger partial charge in [0.15, 0.2) is 0 Å². The molecular weight excluding hydrogens is 254 g/mol. The maximum Gasteiger partial charge on any atom is 0.349 e. The average Bonchev–Trinajstić information content (AvgIpc) is 2.67. The van der Waals surface area contributed by atoms with Crippen LogP contribution < -0.4 is 0 Å². The van der Waals surface area contributed by atoms with E-state index in [1.807, 2.05) is 0 Å². The molecule has 1 aromatic heterocycles. The Labute approximate surface area is 97.5 Å². The minimum atomic E-state index is -2.02. The molecule has 1 rings (SSSR count). The molecule has 0 aliphatic rings. The highest BCUT2D eigenvalue weighted by atomic mass is 32.2. The van der Waals surface area contributed by atoms with Crippen LogP contribution in [0.5, 0.6) is 0 Å². The van der Waals surface area contributed by atoms with Gasteiger partial charge in [-0.2, -0.15) is 0 Å². The molecule has 0 spiro atoms. The van der Waals surface area contributed by atoms with Gasteiger partial charge in [-0.15, -0.1) is 11.3 Å². The highest BCUT2D eigenvalue weighted by Gasteiger charge is 2.23. The first-order chi connectivity index (χ1) is 7.61. The standard InChI is InChI=1S/C8H7NO5S2/c1-5-3-15-6(8(11)13-2)7(5)16(12)14-9-4-10/h3H,1-2H3. The second kappa shape index (κ2) is 5.55. The maximum absolute atomic E-state index is 11.5. The molecule has 1 unspecified atom stereocenters. The Morgan fingerprint density at radius 3 is 2.88 bits per heavy atom. The Morgan fingerprint density at radius 1 is 1.62 bits per heavy atom. The number of esters is 1. The fourth-order valence-corrected chi connectivity index (χ4v) is 2.97. The second-order valence-electron chi connectivity index (χ2n) is 2.56. The van der Waals surface area contributed by atoms with Crippen molar-refractivity contribution >= 4 is 34.5 Å². The van der Waals surface area contributed by atoms with Crippen LogP contribution in [0.15, 0.2) is 15.4 Å². The summed E-state index contributed by atoms with van der Waals surface area (Å²) in [6.45, 7) is 1.66. The van der Waals surface area contributed by atoms with Crippen LogP contribution in [0.2, 0.25) is 0 Å². The van der Waals surface area contributed by atoms with Crippen molar-refractivity contribution in [2.24, 2.45) is 5.16 Å². The Bertz CT molecular complexity index is 475. The van der Waals surface area contributed by atoms with Crippen molar-refractivity contribution in [1.29, 1.82) is 0 Å². The van der Waals surface area contributed by atoms with E-state index in [1.165, 1.54) is 7.11 Å². The van der Waals surface area contributed by atoms with E-state index in [-0.39, 0.29) is 9.77 Å². The zero-order valence-electron chi connectivity index (χ0n) is 8.38. The summed E-state index contributed by atoms with van der Waals surface area (Å²) in [5.41, 5.74) is 0.602. The predicted molar refractivity (Wildman–Crippen MR) is 56.0 cm³/mol. The Hall–Kier alpha value is -1.50. The fraction of sp³-hybridized carbons (Fsp3) is 0.250. The Balaban J connectivity index is 3.11. The first-order valence-corrected chi connectivity index (χ1v) is 5.90. The molecule has 0 saturated carbocycles. The summed E-state index contributed by atoms with van der Waals surface area (Å²) in [6.07, 6.45) is 1.09. The van der Waals surface area contributed by atoms with Crippen molar-refractivity contribution in [1.82, 2.24) is 0 Å². The highest BCUT2D eigenvalue weighted by Crippen LogP contribution is 2.26. The lowest BCUT2D eigenvalue weighted by Gasteiger charge is -2.00. The minimum absolute atomic E-state index is 0.163. The van der Waals surface area contributed by atoms with E-state index in [2.05, 4.69) is 14.2 Å². The third kappa shape index (κ3) is 2.54. The molecule has 0 amide bonds. The van der Waals surface area contributed by atoms with Gasteiger partial charge in [0.2, 0.25) is 0 Å². The van der Waals surface area contributed by atoms with Crippen molar-refractivity contribution in [3.05, 3.63) is 15.8 Å². The highest BCUT2D eigenvalue weighted by molar-refractivity contribution is 7.80. The SMILES string of the molecule is COC(=O)c1scc(C)c1S(=O)ON=C=O. The molecule has 0 radical (unpaired) electrons. The summed E-state index contributed by atoms with van der Waals surface area (Å²) >= 11 is -0.934. The lowest BCUT2D eigenvalue weighted by Crippen LogP contribution is -2.05. The number of isocyanates is 1. The quantitative estimate of drug-likeness (QED) is 0.351. The predicted octanol–water partition coefficient (Wildman–Crippen LogP) is 1.13. The zero-order chi connectivity index (χ0) is 12.1. The van der Waals surface area contributed by atoms with Crippen LogP contribution in [-0.4, -0.2) is 23.4 Å². The molecule has 8 heteroatoms. The topological polar surface area (TPSA) is 82.0 Å². The average molecular weight is 261 g/mol. The summed E-state index contributed by atoms with van der Waals surface area (Å²) in [5.74, 6) is -0.611. The molecule has 0 aliphatic carbocycles. The monoisotopic (exact) mass is 261 g/mol. The summed E-state index contributed by atoms with van der Waals surface area (Å²) in [6, 6.07) is 0. The molecule has 6 nitrogen and oxygen atoms in total. The van der Waals surface area contributed by atoms with Crippen LogP contribution in [0.1, 0.15) is 15.2 Å². The summed E-state index contributed by atoms with van der Waals surface area (Å²) < 4.78 is 20.4. The van der Waals surface area contributed by atoms with E-state index in [0.29, 0.717) is 5.56 Å². The van der Waals surface area contributed by atoms with Crippen LogP contribution >= 0.6 is 11.3 Å². The van der Waals surface area contributed by atoms with Crippen molar-refractivity contribution < 1.29 is 22.8 Å². The van der Waals surface area contributed by atoms with Crippen molar-refractivity contribution in [3.8, 4) is 0 Å². The number of carbonyl (C=O) groups excluding carboxylic acids is 2. The van der Waals surface area contributed by atoms with Gasteiger partial charge in [0.05, 0.1) is 7.11 Å². The molecule has 0 aromatic carbocycles. The zero-order valence-corrected chi connectivity index (χ0v) is 10.0. The van der Waals surface area contributed by atoms with Gasteiger partial charge in [-0.25, -0.2) is 13.8 Å². The van der Waals surface area contributed by atoms with Crippen LogP contribution in [0, 0.1) is 6.92 Å². The van der Waals surface area contributed by atoms with Crippen molar-refractivity contribution in [3.63, 3.8) is 0 Å². The van der Waals surface area contributed by atoms with Crippen molar-refractivity contribution in [2.45, 2.75) is 11.8 Å². The fourth-order valence-electron chi connectivity index (χ4n) is 0.960. The van der Waals surface area contributed by atoms with Crippen LogP contribution in [0.3, 0.4) is 0 Å². The van der Waals surface area contributed by atoms with Gasteiger partial charge in [0, 0.05) is 5.16 Å². The van der Waals surface area contributed by atoms with Crippen LogP contribution in [0.25, 0.3) is 0 Å². The van der Waals surface area contributed by atoms with Crippen LogP contribution in [0.4, 0.5) is 0 Å². The summed E-state index contributed by atoms with van der Waals surface area (Å²) in [7, 11) is 1.22. The van der Waals surface area contributed by atoms with Gasteiger partial charge in [-0.3, -0.25) is 4.28 Å². The first-order valence-electron chi connectivity index (χ1n) is 3.94. The summed E-state index contributed by atoms with van der Waals surface area (Å²) in [4.78, 5) is 21.4. The molecular formula is C8H7NO5S2.